The molecule has 1 amide bonds. The van der Waals surface area contributed by atoms with E-state index in [1.54, 1.807) is 24.3 Å². The summed E-state index contributed by atoms with van der Waals surface area (Å²) in [5, 5.41) is 3.49. The number of amides is 1. The third-order valence-electron chi connectivity index (χ3n) is 3.00. The summed E-state index contributed by atoms with van der Waals surface area (Å²) in [5.41, 5.74) is 1.73. The van der Waals surface area contributed by atoms with Gasteiger partial charge < -0.3 is 5.32 Å². The predicted octanol–water partition coefficient (Wildman–Crippen LogP) is 3.90. The van der Waals surface area contributed by atoms with Crippen molar-refractivity contribution in [2.24, 2.45) is 0 Å². The molecule has 2 nitrogen and oxygen atoms in total. The maximum absolute atomic E-state index is 12.8. The topological polar surface area (TPSA) is 29.1 Å². The van der Waals surface area contributed by atoms with Gasteiger partial charge in [0, 0.05) is 5.02 Å². The highest BCUT2D eigenvalue weighted by atomic mass is 35.5. The van der Waals surface area contributed by atoms with Crippen molar-refractivity contribution < 1.29 is 9.18 Å². The van der Waals surface area contributed by atoms with Gasteiger partial charge in [0.15, 0.2) is 0 Å². The van der Waals surface area contributed by atoms with Crippen molar-refractivity contribution in [2.75, 3.05) is 0 Å². The molecule has 1 N–H and O–H groups in total. The maximum atomic E-state index is 12.8. The van der Waals surface area contributed by atoms with Crippen LogP contribution in [-0.2, 0) is 11.2 Å². The van der Waals surface area contributed by atoms with Gasteiger partial charge in [-0.3, -0.25) is 4.79 Å². The van der Waals surface area contributed by atoms with Crippen LogP contribution >= 0.6 is 11.6 Å². The molecule has 0 bridgehead atoms. The third kappa shape index (κ3) is 4.07. The van der Waals surface area contributed by atoms with Crippen LogP contribution in [0, 0.1) is 5.82 Å². The number of carbonyl (C=O) groups is 1. The monoisotopic (exact) mass is 291 g/mol. The van der Waals surface area contributed by atoms with Gasteiger partial charge in [0.25, 0.3) is 0 Å². The summed E-state index contributed by atoms with van der Waals surface area (Å²) in [5.74, 6) is -0.379. The maximum Gasteiger partial charge on any atom is 0.224 e. The molecule has 2 aromatic rings. The van der Waals surface area contributed by atoms with Crippen LogP contribution in [0.5, 0.6) is 0 Å². The first-order valence-corrected chi connectivity index (χ1v) is 6.71. The Hall–Kier alpha value is -1.87. The molecule has 0 aliphatic rings. The second-order valence-corrected chi connectivity index (χ2v) is 5.08. The quantitative estimate of drug-likeness (QED) is 0.909. The number of hydrogen-bond acceptors (Lipinski definition) is 1. The first-order valence-electron chi connectivity index (χ1n) is 6.34. The molecule has 0 aliphatic heterocycles. The van der Waals surface area contributed by atoms with Crippen LogP contribution in [0.4, 0.5) is 4.39 Å². The summed E-state index contributed by atoms with van der Waals surface area (Å²) >= 11 is 5.88. The van der Waals surface area contributed by atoms with Gasteiger partial charge in [0.1, 0.15) is 5.82 Å². The van der Waals surface area contributed by atoms with Crippen molar-refractivity contribution in [1.82, 2.24) is 5.32 Å². The summed E-state index contributed by atoms with van der Waals surface area (Å²) in [6, 6.07) is 13.1. The first-order chi connectivity index (χ1) is 9.54. The third-order valence-corrected chi connectivity index (χ3v) is 3.24. The molecule has 2 aromatic carbocycles. The second-order valence-electron chi connectivity index (χ2n) is 4.65. The molecule has 0 spiro atoms. The lowest BCUT2D eigenvalue weighted by Gasteiger charge is -2.14. The Morgan fingerprint density at radius 2 is 1.95 bits per heavy atom. The van der Waals surface area contributed by atoms with E-state index in [0.717, 1.165) is 11.1 Å². The van der Waals surface area contributed by atoms with E-state index in [1.807, 2.05) is 19.1 Å². The molecule has 2 rings (SSSR count). The van der Waals surface area contributed by atoms with Gasteiger partial charge >= 0.3 is 0 Å². The van der Waals surface area contributed by atoms with Gasteiger partial charge in [-0.25, -0.2) is 4.39 Å². The second kappa shape index (κ2) is 6.53. The van der Waals surface area contributed by atoms with Gasteiger partial charge in [0.05, 0.1) is 12.5 Å². The average Bonchev–Trinajstić information content (AvgIpc) is 2.39. The molecule has 0 aromatic heterocycles. The summed E-state index contributed by atoms with van der Waals surface area (Å²) in [6.07, 6.45) is 0.270. The van der Waals surface area contributed by atoms with E-state index in [9.17, 15) is 9.18 Å². The Balaban J connectivity index is 1.95. The van der Waals surface area contributed by atoms with Crippen molar-refractivity contribution in [3.05, 3.63) is 70.5 Å². The molecule has 104 valence electrons. The molecule has 1 atom stereocenters. The Kier molecular flexibility index (Phi) is 4.74. The molecule has 0 unspecified atom stereocenters. The Bertz CT molecular complexity index is 598. The van der Waals surface area contributed by atoms with Gasteiger partial charge in [-0.05, 0) is 42.3 Å². The van der Waals surface area contributed by atoms with E-state index in [0.29, 0.717) is 5.02 Å². The summed E-state index contributed by atoms with van der Waals surface area (Å²) in [4.78, 5) is 11.9. The van der Waals surface area contributed by atoms with Crippen molar-refractivity contribution in [1.29, 1.82) is 0 Å². The molecule has 4 heteroatoms. The van der Waals surface area contributed by atoms with Crippen LogP contribution in [0.25, 0.3) is 0 Å². The summed E-state index contributed by atoms with van der Waals surface area (Å²) < 4.78 is 12.8. The number of nitrogens with one attached hydrogen (secondary N) is 1. The van der Waals surface area contributed by atoms with Crippen LogP contribution in [0.15, 0.2) is 48.5 Å². The molecular formula is C16H15ClFNO. The molecule has 0 radical (unpaired) electrons. The lowest BCUT2D eigenvalue weighted by Crippen LogP contribution is -2.28. The minimum Gasteiger partial charge on any atom is -0.349 e. The predicted molar refractivity (Wildman–Crippen MR) is 78.1 cm³/mol. The number of halogens is 2. The number of carbonyl (C=O) groups excluding carboxylic acids is 1. The van der Waals surface area contributed by atoms with Crippen LogP contribution in [-0.4, -0.2) is 5.91 Å². The van der Waals surface area contributed by atoms with Crippen LogP contribution in [0.3, 0.4) is 0 Å². The highest BCUT2D eigenvalue weighted by Gasteiger charge is 2.10. The van der Waals surface area contributed by atoms with Gasteiger partial charge in [-0.15, -0.1) is 0 Å². The Labute approximate surface area is 122 Å². The Morgan fingerprint density at radius 1 is 1.25 bits per heavy atom. The van der Waals surface area contributed by atoms with Crippen molar-refractivity contribution in [2.45, 2.75) is 19.4 Å². The highest BCUT2D eigenvalue weighted by molar-refractivity contribution is 6.30. The fourth-order valence-corrected chi connectivity index (χ4v) is 2.17. The van der Waals surface area contributed by atoms with Gasteiger partial charge in [0.2, 0.25) is 5.91 Å². The molecule has 20 heavy (non-hydrogen) atoms. The summed E-state index contributed by atoms with van der Waals surface area (Å²) in [6.45, 7) is 1.86. The van der Waals surface area contributed by atoms with Gasteiger partial charge in [-0.2, -0.15) is 0 Å². The molecular weight excluding hydrogens is 277 g/mol. The zero-order valence-electron chi connectivity index (χ0n) is 11.1. The highest BCUT2D eigenvalue weighted by Crippen LogP contribution is 2.14. The zero-order chi connectivity index (χ0) is 14.5. The lowest BCUT2D eigenvalue weighted by molar-refractivity contribution is -0.121. The molecule has 0 saturated heterocycles. The Morgan fingerprint density at radius 3 is 2.60 bits per heavy atom. The van der Waals surface area contributed by atoms with Crippen LogP contribution in [0.2, 0.25) is 5.02 Å². The molecule has 0 aliphatic carbocycles. The normalized spacial score (nSPS) is 11.9. The number of rotatable bonds is 4. The largest absolute Gasteiger partial charge is 0.349 e. The molecule has 0 fully saturated rings. The fraction of sp³-hybridized carbons (Fsp3) is 0.188. The fourth-order valence-electron chi connectivity index (χ4n) is 1.96. The summed E-state index contributed by atoms with van der Waals surface area (Å²) in [7, 11) is 0. The lowest BCUT2D eigenvalue weighted by atomic mass is 10.1. The van der Waals surface area contributed by atoms with E-state index in [4.69, 9.17) is 11.6 Å². The van der Waals surface area contributed by atoms with Crippen LogP contribution < -0.4 is 5.32 Å². The first kappa shape index (κ1) is 14.5. The zero-order valence-corrected chi connectivity index (χ0v) is 11.8. The minimum atomic E-state index is -0.286. The molecule has 0 saturated carbocycles. The van der Waals surface area contributed by atoms with E-state index < -0.39 is 0 Å². The van der Waals surface area contributed by atoms with E-state index in [-0.39, 0.29) is 24.2 Å². The van der Waals surface area contributed by atoms with Crippen molar-refractivity contribution in [3.8, 4) is 0 Å². The SMILES string of the molecule is C[C@@H](NC(=O)Cc1cccc(Cl)c1)c1ccc(F)cc1. The number of hydrogen-bond donors (Lipinski definition) is 1. The van der Waals surface area contributed by atoms with Crippen molar-refractivity contribution >= 4 is 17.5 Å². The standard InChI is InChI=1S/C16H15ClFNO/c1-11(13-5-7-15(18)8-6-13)19-16(20)10-12-3-2-4-14(17)9-12/h2-9,11H,10H2,1H3,(H,19,20)/t11-/m1/s1. The number of benzene rings is 2. The van der Waals surface area contributed by atoms with Crippen molar-refractivity contribution in [3.63, 3.8) is 0 Å². The van der Waals surface area contributed by atoms with Gasteiger partial charge in [-0.1, -0.05) is 35.9 Å². The van der Waals surface area contributed by atoms with E-state index in [2.05, 4.69) is 5.32 Å². The average molecular weight is 292 g/mol. The smallest absolute Gasteiger partial charge is 0.224 e. The molecule has 0 heterocycles. The van der Waals surface area contributed by atoms with E-state index >= 15 is 0 Å². The van der Waals surface area contributed by atoms with Crippen LogP contribution in [0.1, 0.15) is 24.1 Å². The minimum absolute atomic E-state index is 0.0934. The van der Waals surface area contributed by atoms with E-state index in [1.165, 1.54) is 12.1 Å².